The first-order chi connectivity index (χ1) is 10.9. The number of hydrogen-bond acceptors (Lipinski definition) is 3. The Bertz CT molecular complexity index is 685. The monoisotopic (exact) mass is 439 g/mol. The smallest absolute Gasteiger partial charge is 0.238 e. The van der Waals surface area contributed by atoms with Gasteiger partial charge in [0.1, 0.15) is 0 Å². The lowest BCUT2D eigenvalue weighted by molar-refractivity contribution is -0.123. The van der Waals surface area contributed by atoms with E-state index >= 15 is 0 Å². The summed E-state index contributed by atoms with van der Waals surface area (Å²) in [6.07, 6.45) is 0.926. The zero-order valence-electron chi connectivity index (χ0n) is 12.4. The third kappa shape index (κ3) is 2.03. The molecule has 4 rings (SSSR count). The largest absolute Gasteiger partial charge is 0.295 e. The third-order valence-corrected chi connectivity index (χ3v) is 8.73. The number of Topliss-reactive ketones (excluding diaryl/α,β-unsaturated/α-hetero) is 1. The molecule has 0 N–H and O–H groups in total. The Balaban J connectivity index is 1.68. The van der Waals surface area contributed by atoms with Crippen LogP contribution in [0.1, 0.15) is 23.7 Å². The normalized spacial score (nSPS) is 38.3. The van der Waals surface area contributed by atoms with E-state index in [9.17, 15) is 14.4 Å². The summed E-state index contributed by atoms with van der Waals surface area (Å²) in [4.78, 5) is 38.9. The lowest BCUT2D eigenvalue weighted by atomic mass is 9.81. The molecule has 23 heavy (non-hydrogen) atoms. The predicted octanol–water partition coefficient (Wildman–Crippen LogP) is 3.17. The molecule has 2 aliphatic carbocycles. The highest BCUT2D eigenvalue weighted by Gasteiger charge is 2.66. The Labute approximate surface area is 150 Å². The molecule has 1 heterocycles. The first-order valence-corrected chi connectivity index (χ1v) is 9.52. The van der Waals surface area contributed by atoms with E-state index in [1.54, 1.807) is 24.3 Å². The molecule has 2 saturated carbocycles. The first kappa shape index (κ1) is 15.5. The number of alkyl halides is 2. The summed E-state index contributed by atoms with van der Waals surface area (Å²) in [5.74, 6) is -0.204. The molecule has 6 atom stereocenters. The Morgan fingerprint density at radius 2 is 1.48 bits per heavy atom. The molecule has 1 aliphatic heterocycles. The van der Waals surface area contributed by atoms with Gasteiger partial charge in [-0.25, -0.2) is 0 Å². The average Bonchev–Trinajstić information content (AvgIpc) is 3.12. The number of rotatable bonds is 2. The van der Waals surface area contributed by atoms with E-state index in [0.717, 1.165) is 6.42 Å². The standard InChI is InChI=1S/C17H15Br2NO3/c1-7(21)8-2-4-9(5-3-8)20-16(22)12-10-6-11(13(12)17(20)23)15(19)14(10)18/h2-5,10-15H,6H2,1H3/t10-,11-,12-,13+,14+,15+/m1/s1. The number of benzene rings is 1. The lowest BCUT2D eigenvalue weighted by Crippen LogP contribution is -2.37. The summed E-state index contributed by atoms with van der Waals surface area (Å²) >= 11 is 7.36. The summed E-state index contributed by atoms with van der Waals surface area (Å²) in [6, 6.07) is 6.71. The highest BCUT2D eigenvalue weighted by atomic mass is 79.9. The van der Waals surface area contributed by atoms with Crippen LogP contribution < -0.4 is 4.90 Å². The summed E-state index contributed by atoms with van der Waals surface area (Å²) in [7, 11) is 0. The molecule has 3 aliphatic rings. The Hall–Kier alpha value is -1.01. The van der Waals surface area contributed by atoms with Crippen molar-refractivity contribution in [1.82, 2.24) is 0 Å². The van der Waals surface area contributed by atoms with Gasteiger partial charge in [0.15, 0.2) is 5.78 Å². The van der Waals surface area contributed by atoms with Crippen LogP contribution in [-0.4, -0.2) is 27.3 Å². The van der Waals surface area contributed by atoms with E-state index in [1.807, 2.05) is 0 Å². The molecule has 1 aromatic rings. The zero-order chi connectivity index (χ0) is 16.5. The van der Waals surface area contributed by atoms with E-state index in [4.69, 9.17) is 0 Å². The van der Waals surface area contributed by atoms with Crippen LogP contribution in [0.25, 0.3) is 0 Å². The van der Waals surface area contributed by atoms with Crippen LogP contribution in [0.15, 0.2) is 24.3 Å². The summed E-state index contributed by atoms with van der Waals surface area (Å²) < 4.78 is 0. The summed E-state index contributed by atoms with van der Waals surface area (Å²) in [6.45, 7) is 1.50. The number of anilines is 1. The van der Waals surface area contributed by atoms with Crippen molar-refractivity contribution in [2.75, 3.05) is 4.90 Å². The van der Waals surface area contributed by atoms with Crippen molar-refractivity contribution in [3.63, 3.8) is 0 Å². The van der Waals surface area contributed by atoms with Crippen LogP contribution in [0.2, 0.25) is 0 Å². The Kier molecular flexibility index (Phi) is 3.54. The molecule has 1 saturated heterocycles. The number of carbonyl (C=O) groups excluding carboxylic acids is 3. The van der Waals surface area contributed by atoms with Gasteiger partial charge in [0, 0.05) is 15.2 Å². The summed E-state index contributed by atoms with van der Waals surface area (Å²) in [5.41, 5.74) is 1.14. The van der Waals surface area contributed by atoms with Crippen LogP contribution in [0.3, 0.4) is 0 Å². The number of hydrogen-bond donors (Lipinski definition) is 0. The minimum Gasteiger partial charge on any atom is -0.295 e. The number of ketones is 1. The van der Waals surface area contributed by atoms with Crippen LogP contribution in [0.4, 0.5) is 5.69 Å². The second-order valence-electron chi connectivity index (χ2n) is 6.62. The van der Waals surface area contributed by atoms with Gasteiger partial charge in [-0.2, -0.15) is 0 Å². The number of amides is 2. The Morgan fingerprint density at radius 3 is 1.91 bits per heavy atom. The highest BCUT2D eigenvalue weighted by molar-refractivity contribution is 9.12. The van der Waals surface area contributed by atoms with E-state index in [0.29, 0.717) is 11.3 Å². The van der Waals surface area contributed by atoms with Gasteiger partial charge in [0.25, 0.3) is 0 Å². The molecule has 0 spiro atoms. The molecule has 120 valence electrons. The van der Waals surface area contributed by atoms with E-state index in [1.165, 1.54) is 11.8 Å². The molecule has 6 heteroatoms. The van der Waals surface area contributed by atoms with Gasteiger partial charge >= 0.3 is 0 Å². The van der Waals surface area contributed by atoms with Crippen molar-refractivity contribution in [3.05, 3.63) is 29.8 Å². The van der Waals surface area contributed by atoms with E-state index in [2.05, 4.69) is 31.9 Å². The predicted molar refractivity (Wildman–Crippen MR) is 92.9 cm³/mol. The van der Waals surface area contributed by atoms with Crippen molar-refractivity contribution >= 4 is 55.1 Å². The quantitative estimate of drug-likeness (QED) is 0.403. The average molecular weight is 441 g/mol. The molecular formula is C17H15Br2NO3. The third-order valence-electron chi connectivity index (χ3n) is 5.52. The maximum Gasteiger partial charge on any atom is 0.238 e. The van der Waals surface area contributed by atoms with Crippen LogP contribution >= 0.6 is 31.9 Å². The van der Waals surface area contributed by atoms with E-state index < -0.39 is 0 Å². The molecule has 4 nitrogen and oxygen atoms in total. The Morgan fingerprint density at radius 1 is 1.00 bits per heavy atom. The number of carbonyl (C=O) groups is 3. The molecule has 0 unspecified atom stereocenters. The molecule has 2 amide bonds. The van der Waals surface area contributed by atoms with Gasteiger partial charge in [-0.15, -0.1) is 0 Å². The van der Waals surface area contributed by atoms with Crippen molar-refractivity contribution in [3.8, 4) is 0 Å². The first-order valence-electron chi connectivity index (χ1n) is 7.68. The van der Waals surface area contributed by atoms with Gasteiger partial charge in [-0.05, 0) is 49.4 Å². The van der Waals surface area contributed by atoms with Crippen LogP contribution in [0.5, 0.6) is 0 Å². The molecule has 3 fully saturated rings. The summed E-state index contributed by atoms with van der Waals surface area (Å²) in [5, 5.41) is 0. The maximum atomic E-state index is 12.9. The minimum atomic E-state index is -0.210. The van der Waals surface area contributed by atoms with Gasteiger partial charge in [-0.1, -0.05) is 31.9 Å². The number of halogens is 2. The minimum absolute atomic E-state index is 0.0326. The highest BCUT2D eigenvalue weighted by Crippen LogP contribution is 2.60. The SMILES string of the molecule is CC(=O)c1ccc(N2C(=O)[C@@H]3[C@H]4C[C@@H]([C@H](Br)[C@H]4Br)[C@@H]3C2=O)cc1. The maximum absolute atomic E-state index is 12.9. The van der Waals surface area contributed by atoms with Crippen LogP contribution in [-0.2, 0) is 9.59 Å². The molecular weight excluding hydrogens is 426 g/mol. The topological polar surface area (TPSA) is 54.5 Å². The van der Waals surface area contributed by atoms with Gasteiger partial charge in [-0.3, -0.25) is 19.3 Å². The second kappa shape index (κ2) is 5.24. The zero-order valence-corrected chi connectivity index (χ0v) is 15.6. The molecule has 2 bridgehead atoms. The number of fused-ring (bicyclic) bond motifs is 5. The van der Waals surface area contributed by atoms with Gasteiger partial charge < -0.3 is 0 Å². The lowest BCUT2D eigenvalue weighted by Gasteiger charge is -2.28. The molecule has 0 radical (unpaired) electrons. The molecule has 0 aromatic heterocycles. The number of nitrogens with zero attached hydrogens (tertiary/aromatic N) is 1. The second-order valence-corrected chi connectivity index (χ2v) is 8.73. The van der Waals surface area contributed by atoms with Crippen molar-refractivity contribution in [2.24, 2.45) is 23.7 Å². The fraction of sp³-hybridized carbons (Fsp3) is 0.471. The van der Waals surface area contributed by atoms with Crippen molar-refractivity contribution in [2.45, 2.75) is 23.0 Å². The number of imide groups is 1. The fourth-order valence-corrected chi connectivity index (χ4v) is 6.32. The van der Waals surface area contributed by atoms with Gasteiger partial charge in [0.05, 0.1) is 17.5 Å². The van der Waals surface area contributed by atoms with Gasteiger partial charge in [0.2, 0.25) is 11.8 Å². The van der Waals surface area contributed by atoms with E-state index in [-0.39, 0.29) is 50.9 Å². The van der Waals surface area contributed by atoms with Crippen LogP contribution in [0, 0.1) is 23.7 Å². The van der Waals surface area contributed by atoms with Crippen molar-refractivity contribution < 1.29 is 14.4 Å². The van der Waals surface area contributed by atoms with Crippen molar-refractivity contribution in [1.29, 1.82) is 0 Å². The fourth-order valence-electron chi connectivity index (χ4n) is 4.45. The molecule has 1 aromatic carbocycles.